The summed E-state index contributed by atoms with van der Waals surface area (Å²) < 4.78 is 2.65. The maximum Gasteiger partial charge on any atom is 0.170 e. The summed E-state index contributed by atoms with van der Waals surface area (Å²) in [6.45, 7) is 14.4. The van der Waals surface area contributed by atoms with Crippen molar-refractivity contribution < 1.29 is 0 Å². The molecule has 0 heterocycles. The third kappa shape index (κ3) is 3.03. The van der Waals surface area contributed by atoms with E-state index in [2.05, 4.69) is 51.4 Å². The first kappa shape index (κ1) is 10.5. The summed E-state index contributed by atoms with van der Waals surface area (Å²) >= 11 is 0. The van der Waals surface area contributed by atoms with Gasteiger partial charge in [0.25, 0.3) is 0 Å². The standard InChI is InChI=1S/C6H20BNSi2/c1-9(2,3)8(7)10(4,5)6/h7H2,1-6H3. The summed E-state index contributed by atoms with van der Waals surface area (Å²) in [5.74, 6) is 0. The first-order chi connectivity index (χ1) is 4.15. The molecule has 0 aromatic heterocycles. The van der Waals surface area contributed by atoms with Crippen molar-refractivity contribution in [1.82, 2.24) is 4.14 Å². The van der Waals surface area contributed by atoms with Crippen molar-refractivity contribution in [3.05, 3.63) is 0 Å². The summed E-state index contributed by atoms with van der Waals surface area (Å²) in [6, 6.07) is 0. The highest BCUT2D eigenvalue weighted by molar-refractivity contribution is 6.94. The van der Waals surface area contributed by atoms with Crippen molar-refractivity contribution in [2.24, 2.45) is 0 Å². The Morgan fingerprint density at radius 3 is 1.00 bits per heavy atom. The molecule has 0 atom stereocenters. The van der Waals surface area contributed by atoms with Crippen molar-refractivity contribution >= 4 is 24.5 Å². The molecule has 0 aromatic carbocycles. The Morgan fingerprint density at radius 1 is 0.800 bits per heavy atom. The third-order valence-corrected chi connectivity index (χ3v) is 10.1. The molecule has 0 radical (unpaired) electrons. The van der Waals surface area contributed by atoms with Crippen LogP contribution in [0.5, 0.6) is 0 Å². The average molecular weight is 173 g/mol. The molecule has 0 saturated carbocycles. The van der Waals surface area contributed by atoms with E-state index in [-0.39, 0.29) is 0 Å². The fourth-order valence-corrected chi connectivity index (χ4v) is 9.06. The smallest absolute Gasteiger partial charge is 0.170 e. The molecular formula is C6H20BNSi2. The molecule has 0 aromatic rings. The van der Waals surface area contributed by atoms with E-state index in [1.54, 1.807) is 0 Å². The second kappa shape index (κ2) is 2.83. The van der Waals surface area contributed by atoms with Gasteiger partial charge in [0.05, 0.1) is 0 Å². The first-order valence-electron chi connectivity index (χ1n) is 3.89. The molecule has 0 N–H and O–H groups in total. The van der Waals surface area contributed by atoms with Gasteiger partial charge in [-0.3, -0.25) is 0 Å². The van der Waals surface area contributed by atoms with Crippen LogP contribution < -0.4 is 0 Å². The Labute approximate surface area is 68.4 Å². The summed E-state index contributed by atoms with van der Waals surface area (Å²) in [4.78, 5) is 0. The summed E-state index contributed by atoms with van der Waals surface area (Å²) in [5, 5.41) is 0. The SMILES string of the molecule is BN([Si](C)(C)C)[Si](C)(C)C. The predicted octanol–water partition coefficient (Wildman–Crippen LogP) is 1.51. The van der Waals surface area contributed by atoms with Gasteiger partial charge in [-0.15, -0.1) is 0 Å². The van der Waals surface area contributed by atoms with Gasteiger partial charge in [-0.2, -0.15) is 0 Å². The number of rotatable bonds is 2. The molecule has 1 nitrogen and oxygen atoms in total. The van der Waals surface area contributed by atoms with Gasteiger partial charge in [0.15, 0.2) is 7.98 Å². The minimum absolute atomic E-state index is 1.00. The monoisotopic (exact) mass is 173 g/mol. The van der Waals surface area contributed by atoms with E-state index in [0.29, 0.717) is 0 Å². The van der Waals surface area contributed by atoms with E-state index in [1.807, 2.05) is 0 Å². The maximum atomic E-state index is 2.65. The van der Waals surface area contributed by atoms with Crippen LogP contribution in [0.2, 0.25) is 39.3 Å². The van der Waals surface area contributed by atoms with E-state index in [4.69, 9.17) is 0 Å². The molecule has 0 aliphatic carbocycles. The Morgan fingerprint density at radius 2 is 1.00 bits per heavy atom. The van der Waals surface area contributed by atoms with Crippen molar-refractivity contribution in [2.45, 2.75) is 39.3 Å². The molecule has 60 valence electrons. The molecule has 0 saturated heterocycles. The molecule has 0 bridgehead atoms. The summed E-state index contributed by atoms with van der Waals surface area (Å²) in [6.07, 6.45) is 0. The molecular weight excluding hydrogens is 153 g/mol. The number of hydrogen-bond donors (Lipinski definition) is 0. The van der Waals surface area contributed by atoms with Crippen LogP contribution in [0.25, 0.3) is 0 Å². The normalized spacial score (nSPS) is 14.3. The molecule has 0 fully saturated rings. The quantitative estimate of drug-likeness (QED) is 0.572. The highest BCUT2D eigenvalue weighted by atomic mass is 28.4. The van der Waals surface area contributed by atoms with E-state index in [1.165, 1.54) is 0 Å². The van der Waals surface area contributed by atoms with E-state index >= 15 is 0 Å². The Bertz CT molecular complexity index is 99.9. The van der Waals surface area contributed by atoms with E-state index in [0.717, 1.165) is 0 Å². The van der Waals surface area contributed by atoms with Gasteiger partial charge in [0.1, 0.15) is 16.5 Å². The van der Waals surface area contributed by atoms with Crippen LogP contribution in [-0.2, 0) is 0 Å². The number of nitrogens with zero attached hydrogens (tertiary/aromatic N) is 1. The molecule has 4 heteroatoms. The average Bonchev–Trinajstić information content (AvgIpc) is 1.59. The Kier molecular flexibility index (Phi) is 2.96. The maximum absolute atomic E-state index is 2.65. The van der Waals surface area contributed by atoms with Gasteiger partial charge < -0.3 is 4.14 Å². The highest BCUT2D eigenvalue weighted by Gasteiger charge is 2.29. The molecule has 0 rings (SSSR count). The largest absolute Gasteiger partial charge is 0.394 e. The minimum Gasteiger partial charge on any atom is -0.394 e. The van der Waals surface area contributed by atoms with Crippen LogP contribution in [-0.4, -0.2) is 28.6 Å². The van der Waals surface area contributed by atoms with Crippen molar-refractivity contribution in [3.63, 3.8) is 0 Å². The van der Waals surface area contributed by atoms with Crippen molar-refractivity contribution in [2.75, 3.05) is 0 Å². The van der Waals surface area contributed by atoms with Gasteiger partial charge >= 0.3 is 0 Å². The zero-order chi connectivity index (χ0) is 8.58. The lowest BCUT2D eigenvalue weighted by molar-refractivity contribution is 0.974. The van der Waals surface area contributed by atoms with Gasteiger partial charge in [-0.1, -0.05) is 39.3 Å². The lowest BCUT2D eigenvalue weighted by Crippen LogP contribution is -2.57. The highest BCUT2D eigenvalue weighted by Crippen LogP contribution is 2.15. The molecule has 0 amide bonds. The zero-order valence-electron chi connectivity index (χ0n) is 8.45. The zero-order valence-corrected chi connectivity index (χ0v) is 10.4. The fourth-order valence-electron chi connectivity index (χ4n) is 1.01. The molecule has 0 aliphatic heterocycles. The van der Waals surface area contributed by atoms with Crippen LogP contribution in [0, 0.1) is 0 Å². The minimum atomic E-state index is -1.00. The lowest BCUT2D eigenvalue weighted by atomic mass is 10.5. The second-order valence-corrected chi connectivity index (χ2v) is 15.4. The molecule has 0 unspecified atom stereocenters. The molecule has 0 aliphatic rings. The number of hydrogen-bond acceptors (Lipinski definition) is 1. The van der Waals surface area contributed by atoms with Gasteiger partial charge in [0.2, 0.25) is 0 Å². The van der Waals surface area contributed by atoms with Crippen LogP contribution in [0.4, 0.5) is 0 Å². The van der Waals surface area contributed by atoms with E-state index in [9.17, 15) is 0 Å². The Hall–Kier alpha value is 0.459. The lowest BCUT2D eigenvalue weighted by Gasteiger charge is -2.41. The van der Waals surface area contributed by atoms with Crippen LogP contribution >= 0.6 is 0 Å². The summed E-state index contributed by atoms with van der Waals surface area (Å²) in [5.41, 5.74) is 0. The second-order valence-electron chi connectivity index (χ2n) is 4.90. The van der Waals surface area contributed by atoms with Crippen LogP contribution in [0.15, 0.2) is 0 Å². The van der Waals surface area contributed by atoms with Crippen LogP contribution in [0.3, 0.4) is 0 Å². The fraction of sp³-hybridized carbons (Fsp3) is 1.00. The van der Waals surface area contributed by atoms with Gasteiger partial charge in [0, 0.05) is 0 Å². The van der Waals surface area contributed by atoms with Crippen molar-refractivity contribution in [1.29, 1.82) is 0 Å². The predicted molar refractivity (Wildman–Crippen MR) is 57.1 cm³/mol. The topological polar surface area (TPSA) is 3.24 Å². The third-order valence-electron chi connectivity index (χ3n) is 2.01. The molecule has 10 heavy (non-hydrogen) atoms. The summed E-state index contributed by atoms with van der Waals surface area (Å²) in [7, 11) is 0.288. The van der Waals surface area contributed by atoms with Crippen LogP contribution in [0.1, 0.15) is 0 Å². The molecule has 0 spiro atoms. The first-order valence-corrected chi connectivity index (χ1v) is 10.8. The van der Waals surface area contributed by atoms with Gasteiger partial charge in [-0.05, 0) is 0 Å². The van der Waals surface area contributed by atoms with Crippen molar-refractivity contribution in [3.8, 4) is 0 Å². The van der Waals surface area contributed by atoms with E-state index < -0.39 is 16.5 Å². The van der Waals surface area contributed by atoms with Gasteiger partial charge in [-0.25, -0.2) is 0 Å². The Balaban J connectivity index is 4.23.